The highest BCUT2D eigenvalue weighted by atomic mass is 35.5. The zero-order valence-electron chi connectivity index (χ0n) is 8.32. The lowest BCUT2D eigenvalue weighted by molar-refractivity contribution is 0.149. The van der Waals surface area contributed by atoms with Gasteiger partial charge in [-0.2, -0.15) is 0 Å². The molecule has 1 fully saturated rings. The molecular formula is C9H19Cl3N2. The lowest BCUT2D eigenvalue weighted by Gasteiger charge is -2.33. The maximum Gasteiger partial charge on any atom is 0.0351 e. The van der Waals surface area contributed by atoms with Crippen molar-refractivity contribution in [2.45, 2.75) is 0 Å². The second kappa shape index (κ2) is 10.1. The molecule has 1 aliphatic rings. The van der Waals surface area contributed by atoms with Gasteiger partial charge in [-0.25, -0.2) is 0 Å². The zero-order chi connectivity index (χ0) is 8.81. The third-order valence-corrected chi connectivity index (χ3v) is 2.42. The summed E-state index contributed by atoms with van der Waals surface area (Å²) in [7, 11) is 0. The van der Waals surface area contributed by atoms with Crippen LogP contribution in [0.15, 0.2) is 12.7 Å². The summed E-state index contributed by atoms with van der Waals surface area (Å²) in [6.45, 7) is 10.4. The molecule has 0 aromatic heterocycles. The van der Waals surface area contributed by atoms with Crippen molar-refractivity contribution in [1.82, 2.24) is 9.80 Å². The van der Waals surface area contributed by atoms with Gasteiger partial charge in [0.25, 0.3) is 0 Å². The van der Waals surface area contributed by atoms with Crippen LogP contribution in [0.2, 0.25) is 0 Å². The van der Waals surface area contributed by atoms with E-state index in [-0.39, 0.29) is 24.8 Å². The fourth-order valence-corrected chi connectivity index (χ4v) is 1.74. The third-order valence-electron chi connectivity index (χ3n) is 2.25. The Morgan fingerprint density at radius 2 is 1.57 bits per heavy atom. The van der Waals surface area contributed by atoms with Crippen LogP contribution >= 0.6 is 36.4 Å². The van der Waals surface area contributed by atoms with Crippen molar-refractivity contribution in [3.05, 3.63) is 12.7 Å². The van der Waals surface area contributed by atoms with Crippen LogP contribution in [0.5, 0.6) is 0 Å². The van der Waals surface area contributed by atoms with E-state index in [9.17, 15) is 0 Å². The van der Waals surface area contributed by atoms with Gasteiger partial charge >= 0.3 is 0 Å². The molecule has 0 aromatic carbocycles. The average Bonchev–Trinajstić information content (AvgIpc) is 2.09. The van der Waals surface area contributed by atoms with Gasteiger partial charge in [0, 0.05) is 45.1 Å². The lowest BCUT2D eigenvalue weighted by atomic mass is 10.3. The SMILES string of the molecule is C=CCN1CCN(CCCl)CC1.Cl.Cl. The Kier molecular flexibility index (Phi) is 12.2. The smallest absolute Gasteiger partial charge is 0.0351 e. The van der Waals surface area contributed by atoms with Gasteiger partial charge in [-0.15, -0.1) is 43.0 Å². The standard InChI is InChI=1S/C9H17ClN2.2ClH/c1-2-4-11-6-8-12(5-3-10)9-7-11;;/h2H,1,3-9H2;2*1H. The summed E-state index contributed by atoms with van der Waals surface area (Å²) in [5.74, 6) is 0.751. The van der Waals surface area contributed by atoms with Crippen LogP contribution in [0.1, 0.15) is 0 Å². The van der Waals surface area contributed by atoms with Crippen LogP contribution in [0.4, 0.5) is 0 Å². The molecule has 0 radical (unpaired) electrons. The van der Waals surface area contributed by atoms with Crippen molar-refractivity contribution in [1.29, 1.82) is 0 Å². The van der Waals surface area contributed by atoms with Crippen LogP contribution in [0, 0.1) is 0 Å². The fraction of sp³-hybridized carbons (Fsp3) is 0.778. The maximum atomic E-state index is 5.66. The molecule has 1 aliphatic heterocycles. The van der Waals surface area contributed by atoms with E-state index in [0.717, 1.165) is 45.1 Å². The van der Waals surface area contributed by atoms with Crippen LogP contribution in [-0.4, -0.2) is 54.9 Å². The second-order valence-electron chi connectivity index (χ2n) is 3.12. The van der Waals surface area contributed by atoms with Crippen LogP contribution in [-0.2, 0) is 0 Å². The summed E-state index contributed by atoms with van der Waals surface area (Å²) in [6, 6.07) is 0. The molecule has 14 heavy (non-hydrogen) atoms. The summed E-state index contributed by atoms with van der Waals surface area (Å²) in [6.07, 6.45) is 1.97. The predicted molar refractivity (Wildman–Crippen MR) is 68.3 cm³/mol. The molecule has 0 atom stereocenters. The van der Waals surface area contributed by atoms with Crippen molar-refractivity contribution >= 4 is 36.4 Å². The normalized spacial score (nSPS) is 18.1. The van der Waals surface area contributed by atoms with Crippen molar-refractivity contribution < 1.29 is 0 Å². The summed E-state index contributed by atoms with van der Waals surface area (Å²) >= 11 is 5.66. The van der Waals surface area contributed by atoms with Gasteiger partial charge in [0.2, 0.25) is 0 Å². The van der Waals surface area contributed by atoms with Crippen molar-refractivity contribution in [2.75, 3.05) is 45.1 Å². The Morgan fingerprint density at radius 1 is 1.07 bits per heavy atom. The number of hydrogen-bond donors (Lipinski definition) is 0. The number of hydrogen-bond acceptors (Lipinski definition) is 2. The van der Waals surface area contributed by atoms with E-state index in [2.05, 4.69) is 16.4 Å². The second-order valence-corrected chi connectivity index (χ2v) is 3.50. The number of halogens is 3. The molecule has 1 heterocycles. The van der Waals surface area contributed by atoms with E-state index < -0.39 is 0 Å². The first-order valence-electron chi connectivity index (χ1n) is 4.48. The number of rotatable bonds is 4. The lowest BCUT2D eigenvalue weighted by Crippen LogP contribution is -2.46. The topological polar surface area (TPSA) is 6.48 Å². The number of alkyl halides is 1. The van der Waals surface area contributed by atoms with Crippen LogP contribution < -0.4 is 0 Å². The molecule has 2 nitrogen and oxygen atoms in total. The number of nitrogens with zero attached hydrogens (tertiary/aromatic N) is 2. The summed E-state index contributed by atoms with van der Waals surface area (Å²) in [5.41, 5.74) is 0. The molecule has 0 spiro atoms. The highest BCUT2D eigenvalue weighted by molar-refractivity contribution is 6.18. The minimum Gasteiger partial charge on any atom is -0.300 e. The van der Waals surface area contributed by atoms with E-state index in [1.54, 1.807) is 0 Å². The molecule has 5 heteroatoms. The monoisotopic (exact) mass is 260 g/mol. The van der Waals surface area contributed by atoms with Gasteiger partial charge in [-0.3, -0.25) is 9.80 Å². The summed E-state index contributed by atoms with van der Waals surface area (Å²) < 4.78 is 0. The molecule has 0 aliphatic carbocycles. The zero-order valence-corrected chi connectivity index (χ0v) is 10.7. The molecule has 0 amide bonds. The van der Waals surface area contributed by atoms with E-state index >= 15 is 0 Å². The molecule has 0 N–H and O–H groups in total. The molecule has 0 unspecified atom stereocenters. The highest BCUT2D eigenvalue weighted by Crippen LogP contribution is 2.01. The van der Waals surface area contributed by atoms with Gasteiger partial charge in [-0.05, 0) is 0 Å². The minimum atomic E-state index is 0. The molecule has 1 rings (SSSR count). The van der Waals surface area contributed by atoms with Crippen molar-refractivity contribution in [3.63, 3.8) is 0 Å². The first-order chi connectivity index (χ1) is 5.86. The maximum absolute atomic E-state index is 5.66. The molecule has 86 valence electrons. The van der Waals surface area contributed by atoms with Gasteiger partial charge in [0.15, 0.2) is 0 Å². The largest absolute Gasteiger partial charge is 0.300 e. The first kappa shape index (κ1) is 16.9. The van der Waals surface area contributed by atoms with E-state index in [0.29, 0.717) is 0 Å². The molecule has 0 aromatic rings. The van der Waals surface area contributed by atoms with E-state index in [4.69, 9.17) is 11.6 Å². The highest BCUT2D eigenvalue weighted by Gasteiger charge is 2.14. The fourth-order valence-electron chi connectivity index (χ4n) is 1.50. The Bertz CT molecular complexity index is 136. The van der Waals surface area contributed by atoms with E-state index in [1.165, 1.54) is 0 Å². The van der Waals surface area contributed by atoms with Crippen LogP contribution in [0.3, 0.4) is 0 Å². The van der Waals surface area contributed by atoms with Gasteiger partial charge in [0.1, 0.15) is 0 Å². The van der Waals surface area contributed by atoms with E-state index in [1.807, 2.05) is 6.08 Å². The molecule has 1 saturated heterocycles. The molecule has 0 saturated carbocycles. The Hall–Kier alpha value is 0.530. The quantitative estimate of drug-likeness (QED) is 0.563. The minimum absolute atomic E-state index is 0. The Morgan fingerprint density at radius 3 is 2.00 bits per heavy atom. The van der Waals surface area contributed by atoms with Gasteiger partial charge in [-0.1, -0.05) is 6.08 Å². The first-order valence-corrected chi connectivity index (χ1v) is 5.02. The molecular weight excluding hydrogens is 242 g/mol. The Labute approximate surface area is 104 Å². The van der Waals surface area contributed by atoms with Crippen LogP contribution in [0.25, 0.3) is 0 Å². The predicted octanol–water partition coefficient (Wildman–Crippen LogP) is 1.87. The average molecular weight is 262 g/mol. The van der Waals surface area contributed by atoms with Crippen molar-refractivity contribution in [3.8, 4) is 0 Å². The van der Waals surface area contributed by atoms with Crippen molar-refractivity contribution in [2.24, 2.45) is 0 Å². The Balaban J connectivity index is 0. The molecule has 0 bridgehead atoms. The summed E-state index contributed by atoms with van der Waals surface area (Å²) in [5, 5.41) is 0. The van der Waals surface area contributed by atoms with Gasteiger partial charge < -0.3 is 0 Å². The number of piperazine rings is 1. The third kappa shape index (κ3) is 6.10. The van der Waals surface area contributed by atoms with Gasteiger partial charge in [0.05, 0.1) is 0 Å². The summed E-state index contributed by atoms with van der Waals surface area (Å²) in [4.78, 5) is 4.82.